The summed E-state index contributed by atoms with van der Waals surface area (Å²) in [5.41, 5.74) is 5.63. The van der Waals surface area contributed by atoms with Crippen molar-refractivity contribution in [2.24, 2.45) is 0 Å². The Morgan fingerprint density at radius 2 is 2.08 bits per heavy atom. The van der Waals surface area contributed by atoms with Gasteiger partial charge in [0.05, 0.1) is 5.69 Å². The van der Waals surface area contributed by atoms with Gasteiger partial charge in [0.25, 0.3) is 5.56 Å². The number of nitrogens with zero attached hydrogens (tertiary/aromatic N) is 2. The molecule has 5 heteroatoms. The number of hydrogen-bond acceptors (Lipinski definition) is 3. The molecule has 130 valence electrons. The van der Waals surface area contributed by atoms with E-state index in [1.165, 1.54) is 22.2 Å². The fraction of sp³-hybridized carbons (Fsp3) is 0.400. The summed E-state index contributed by atoms with van der Waals surface area (Å²) in [6, 6.07) is 8.44. The lowest BCUT2D eigenvalue weighted by Gasteiger charge is -2.27. The second-order valence-corrected chi connectivity index (χ2v) is 6.92. The molecule has 1 aromatic carbocycles. The van der Waals surface area contributed by atoms with Gasteiger partial charge in [0.15, 0.2) is 0 Å². The average Bonchev–Trinajstić information content (AvgIpc) is 2.91. The first-order valence-corrected chi connectivity index (χ1v) is 9.05. The van der Waals surface area contributed by atoms with E-state index in [9.17, 15) is 4.79 Å². The normalized spacial score (nSPS) is 14.8. The predicted octanol–water partition coefficient (Wildman–Crippen LogP) is 3.07. The number of fused-ring (bicyclic) bond motifs is 2. The molecule has 2 N–H and O–H groups in total. The van der Waals surface area contributed by atoms with E-state index in [2.05, 4.69) is 53.0 Å². The van der Waals surface area contributed by atoms with E-state index in [-0.39, 0.29) is 5.56 Å². The predicted molar refractivity (Wildman–Crippen MR) is 99.7 cm³/mol. The summed E-state index contributed by atoms with van der Waals surface area (Å²) in [6.07, 6.45) is 2.58. The molecule has 25 heavy (non-hydrogen) atoms. The van der Waals surface area contributed by atoms with E-state index >= 15 is 0 Å². The van der Waals surface area contributed by atoms with Gasteiger partial charge in [0, 0.05) is 48.2 Å². The fourth-order valence-electron chi connectivity index (χ4n) is 3.80. The van der Waals surface area contributed by atoms with Gasteiger partial charge >= 0.3 is 0 Å². The molecule has 0 fully saturated rings. The zero-order valence-corrected chi connectivity index (χ0v) is 14.9. The van der Waals surface area contributed by atoms with E-state index < -0.39 is 0 Å². The van der Waals surface area contributed by atoms with E-state index in [1.807, 2.05) is 0 Å². The van der Waals surface area contributed by atoms with Crippen molar-refractivity contribution in [2.75, 3.05) is 6.54 Å². The first kappa shape index (κ1) is 16.1. The Kier molecular flexibility index (Phi) is 4.17. The Balaban J connectivity index is 1.62. The number of aromatic amines is 2. The van der Waals surface area contributed by atoms with Crippen LogP contribution in [-0.4, -0.2) is 26.4 Å². The number of aromatic nitrogens is 3. The van der Waals surface area contributed by atoms with Crippen LogP contribution < -0.4 is 5.56 Å². The van der Waals surface area contributed by atoms with Crippen molar-refractivity contribution < 1.29 is 0 Å². The second kappa shape index (κ2) is 6.48. The second-order valence-electron chi connectivity index (χ2n) is 6.92. The number of nitrogens with one attached hydrogen (secondary N) is 2. The fourth-order valence-corrected chi connectivity index (χ4v) is 3.80. The number of aryl methyl sites for hydroxylation is 2. The zero-order valence-electron chi connectivity index (χ0n) is 14.9. The van der Waals surface area contributed by atoms with E-state index in [1.54, 1.807) is 0 Å². The number of para-hydroxylation sites is 1. The van der Waals surface area contributed by atoms with Crippen molar-refractivity contribution in [1.82, 2.24) is 19.9 Å². The van der Waals surface area contributed by atoms with Crippen molar-refractivity contribution >= 4 is 10.9 Å². The lowest BCUT2D eigenvalue weighted by Crippen LogP contribution is -2.35. The molecule has 0 atom stereocenters. The average molecular weight is 336 g/mol. The lowest BCUT2D eigenvalue weighted by molar-refractivity contribution is 0.240. The van der Waals surface area contributed by atoms with Crippen LogP contribution in [0.1, 0.15) is 41.7 Å². The van der Waals surface area contributed by atoms with Gasteiger partial charge in [-0.2, -0.15) is 0 Å². The first-order chi connectivity index (χ1) is 12.2. The Labute approximate surface area is 147 Å². The highest BCUT2D eigenvalue weighted by Gasteiger charge is 2.22. The quantitative estimate of drug-likeness (QED) is 0.769. The molecule has 4 rings (SSSR count). The minimum atomic E-state index is 0.0522. The molecule has 0 saturated carbocycles. The van der Waals surface area contributed by atoms with Gasteiger partial charge in [-0.15, -0.1) is 0 Å². The third-order valence-corrected chi connectivity index (χ3v) is 5.10. The summed E-state index contributed by atoms with van der Waals surface area (Å²) < 4.78 is 0. The molecule has 5 nitrogen and oxygen atoms in total. The first-order valence-electron chi connectivity index (χ1n) is 9.05. The molecule has 2 aromatic heterocycles. The molecule has 3 aromatic rings. The van der Waals surface area contributed by atoms with Gasteiger partial charge in [0.1, 0.15) is 5.82 Å². The summed E-state index contributed by atoms with van der Waals surface area (Å²) in [7, 11) is 0. The minimum absolute atomic E-state index is 0.0522. The van der Waals surface area contributed by atoms with Gasteiger partial charge < -0.3 is 9.97 Å². The zero-order chi connectivity index (χ0) is 17.4. The third kappa shape index (κ3) is 3.00. The van der Waals surface area contributed by atoms with Gasteiger partial charge in [-0.05, 0) is 31.4 Å². The maximum Gasteiger partial charge on any atom is 0.254 e. The van der Waals surface area contributed by atoms with Crippen LogP contribution >= 0.6 is 0 Å². The maximum atomic E-state index is 12.3. The van der Waals surface area contributed by atoms with Crippen molar-refractivity contribution in [1.29, 1.82) is 0 Å². The van der Waals surface area contributed by atoms with Gasteiger partial charge in [-0.1, -0.05) is 25.1 Å². The monoisotopic (exact) mass is 336 g/mol. The lowest BCUT2D eigenvalue weighted by atomic mass is 10.0. The standard InChI is InChI=1S/C20H24N4O/c1-3-6-19-22-18-12-24(10-9-15(18)20(25)23-19)11-16-13(2)21-17-8-5-4-7-14(16)17/h4-5,7-8,21H,3,6,9-12H2,1-2H3,(H,22,23,25). The molecular formula is C20H24N4O. The van der Waals surface area contributed by atoms with Gasteiger partial charge in [0.2, 0.25) is 0 Å². The van der Waals surface area contributed by atoms with E-state index in [4.69, 9.17) is 4.98 Å². The summed E-state index contributed by atoms with van der Waals surface area (Å²) in [5.74, 6) is 0.816. The number of hydrogen-bond donors (Lipinski definition) is 2. The Morgan fingerprint density at radius 3 is 2.92 bits per heavy atom. The summed E-state index contributed by atoms with van der Waals surface area (Å²) in [5, 5.41) is 1.29. The van der Waals surface area contributed by atoms with Crippen LogP contribution in [0.4, 0.5) is 0 Å². The number of rotatable bonds is 4. The molecule has 0 saturated heterocycles. The van der Waals surface area contributed by atoms with Crippen LogP contribution in [0, 0.1) is 6.92 Å². The Morgan fingerprint density at radius 1 is 1.24 bits per heavy atom. The smallest absolute Gasteiger partial charge is 0.254 e. The minimum Gasteiger partial charge on any atom is -0.358 e. The third-order valence-electron chi connectivity index (χ3n) is 5.10. The topological polar surface area (TPSA) is 64.8 Å². The van der Waals surface area contributed by atoms with Crippen molar-refractivity contribution in [2.45, 2.75) is 46.2 Å². The van der Waals surface area contributed by atoms with Crippen LogP contribution in [0.3, 0.4) is 0 Å². The van der Waals surface area contributed by atoms with Crippen LogP contribution in [0.5, 0.6) is 0 Å². The molecule has 0 bridgehead atoms. The van der Waals surface area contributed by atoms with Gasteiger partial charge in [-0.25, -0.2) is 4.98 Å². The number of H-pyrrole nitrogens is 2. The molecule has 0 spiro atoms. The van der Waals surface area contributed by atoms with Crippen molar-refractivity contribution in [3.8, 4) is 0 Å². The van der Waals surface area contributed by atoms with E-state index in [0.29, 0.717) is 0 Å². The highest BCUT2D eigenvalue weighted by Crippen LogP contribution is 2.25. The van der Waals surface area contributed by atoms with Crippen LogP contribution in [-0.2, 0) is 25.9 Å². The van der Waals surface area contributed by atoms with Crippen molar-refractivity contribution in [3.63, 3.8) is 0 Å². The summed E-state index contributed by atoms with van der Waals surface area (Å²) >= 11 is 0. The molecule has 3 heterocycles. The molecule has 0 amide bonds. The maximum absolute atomic E-state index is 12.3. The summed E-state index contributed by atoms with van der Waals surface area (Å²) in [6.45, 7) is 6.76. The molecule has 1 aliphatic heterocycles. The Hall–Kier alpha value is -2.40. The highest BCUT2D eigenvalue weighted by molar-refractivity contribution is 5.84. The van der Waals surface area contributed by atoms with Crippen LogP contribution in [0.15, 0.2) is 29.1 Å². The molecule has 0 radical (unpaired) electrons. The van der Waals surface area contributed by atoms with E-state index in [0.717, 1.165) is 56.0 Å². The van der Waals surface area contributed by atoms with Crippen LogP contribution in [0.2, 0.25) is 0 Å². The SMILES string of the molecule is CCCc1nc2c(c(=O)[nH]1)CCN(Cc1c(C)[nH]c3ccccc13)C2. The molecular weight excluding hydrogens is 312 g/mol. The summed E-state index contributed by atoms with van der Waals surface area (Å²) in [4.78, 5) is 25.8. The largest absolute Gasteiger partial charge is 0.358 e. The van der Waals surface area contributed by atoms with Crippen molar-refractivity contribution in [3.05, 3.63) is 63.0 Å². The highest BCUT2D eigenvalue weighted by atomic mass is 16.1. The molecule has 1 aliphatic rings. The molecule has 0 unspecified atom stereocenters. The Bertz CT molecular complexity index is 969. The van der Waals surface area contributed by atoms with Crippen LogP contribution in [0.25, 0.3) is 10.9 Å². The molecule has 0 aliphatic carbocycles. The van der Waals surface area contributed by atoms with Gasteiger partial charge in [-0.3, -0.25) is 9.69 Å². The number of benzene rings is 1.